The smallest absolute Gasteiger partial charge is 0.325 e. The first-order valence-electron chi connectivity index (χ1n) is 8.27. The van der Waals surface area contributed by atoms with Gasteiger partial charge >= 0.3 is 6.03 Å². The number of nitrogens with zero attached hydrogens (tertiary/aromatic N) is 1. The second kappa shape index (κ2) is 6.01. The Morgan fingerprint density at radius 1 is 1.12 bits per heavy atom. The molecule has 0 radical (unpaired) electrons. The van der Waals surface area contributed by atoms with E-state index in [1.54, 1.807) is 43.3 Å². The van der Waals surface area contributed by atoms with Crippen LogP contribution in [0.15, 0.2) is 42.5 Å². The summed E-state index contributed by atoms with van der Waals surface area (Å²) in [5.41, 5.74) is -0.392. The summed E-state index contributed by atoms with van der Waals surface area (Å²) >= 11 is 0. The van der Waals surface area contributed by atoms with Gasteiger partial charge in [0.2, 0.25) is 0 Å². The lowest BCUT2D eigenvalue weighted by molar-refractivity contribution is -0.131. The van der Waals surface area contributed by atoms with Gasteiger partial charge in [-0.3, -0.25) is 9.69 Å². The summed E-state index contributed by atoms with van der Waals surface area (Å²) in [7, 11) is 0. The highest BCUT2D eigenvalue weighted by molar-refractivity contribution is 6.07. The van der Waals surface area contributed by atoms with Crippen molar-refractivity contribution in [1.82, 2.24) is 10.2 Å². The Kier molecular flexibility index (Phi) is 3.79. The Morgan fingerprint density at radius 3 is 2.62 bits per heavy atom. The highest BCUT2D eigenvalue weighted by Crippen LogP contribution is 2.37. The van der Waals surface area contributed by atoms with Crippen LogP contribution >= 0.6 is 0 Å². The van der Waals surface area contributed by atoms with Gasteiger partial charge in [-0.2, -0.15) is 0 Å². The molecule has 0 spiro atoms. The van der Waals surface area contributed by atoms with E-state index in [2.05, 4.69) is 5.32 Å². The van der Waals surface area contributed by atoms with Crippen molar-refractivity contribution in [2.24, 2.45) is 0 Å². The van der Waals surface area contributed by atoms with Gasteiger partial charge in [-0.1, -0.05) is 24.3 Å². The van der Waals surface area contributed by atoms with Crippen LogP contribution in [0.5, 0.6) is 11.5 Å². The number of ether oxygens (including phenoxy) is 2. The molecular weight excluding hydrogens is 339 g/mol. The van der Waals surface area contributed by atoms with Crippen molar-refractivity contribution >= 4 is 11.9 Å². The van der Waals surface area contributed by atoms with Crippen LogP contribution in [0.3, 0.4) is 0 Å². The molecule has 2 aliphatic rings. The van der Waals surface area contributed by atoms with Crippen LogP contribution in [0.1, 0.15) is 18.1 Å². The van der Waals surface area contributed by atoms with Crippen molar-refractivity contribution in [3.8, 4) is 11.5 Å². The van der Waals surface area contributed by atoms with Gasteiger partial charge in [0.05, 0.1) is 6.54 Å². The van der Waals surface area contributed by atoms with Gasteiger partial charge in [-0.05, 0) is 30.7 Å². The summed E-state index contributed by atoms with van der Waals surface area (Å²) in [4.78, 5) is 26.4. The molecule has 26 heavy (non-hydrogen) atoms. The lowest BCUT2D eigenvalue weighted by Gasteiger charge is -2.25. The van der Waals surface area contributed by atoms with Crippen LogP contribution in [-0.4, -0.2) is 30.1 Å². The van der Waals surface area contributed by atoms with E-state index in [-0.39, 0.29) is 12.1 Å². The molecule has 1 fully saturated rings. The van der Waals surface area contributed by atoms with Crippen molar-refractivity contribution < 1.29 is 23.5 Å². The molecule has 1 atom stereocenters. The van der Waals surface area contributed by atoms with E-state index in [4.69, 9.17) is 9.47 Å². The quantitative estimate of drug-likeness (QED) is 0.859. The monoisotopic (exact) mass is 356 g/mol. The number of nitrogens with one attached hydrogen (secondary N) is 1. The minimum absolute atomic E-state index is 0.127. The van der Waals surface area contributed by atoms with Gasteiger partial charge in [-0.25, -0.2) is 9.18 Å². The summed E-state index contributed by atoms with van der Waals surface area (Å²) in [6.07, 6.45) is 0. The van der Waals surface area contributed by atoms with E-state index in [1.807, 2.05) is 0 Å². The molecule has 7 heteroatoms. The number of hydrogen-bond donors (Lipinski definition) is 1. The number of carbonyl (C=O) groups is 2. The second-order valence-corrected chi connectivity index (χ2v) is 6.40. The summed E-state index contributed by atoms with van der Waals surface area (Å²) in [6, 6.07) is 10.6. The first-order valence-corrected chi connectivity index (χ1v) is 8.27. The van der Waals surface area contributed by atoms with Crippen molar-refractivity contribution in [2.45, 2.75) is 19.0 Å². The van der Waals surface area contributed by atoms with E-state index < -0.39 is 23.3 Å². The molecule has 4 rings (SSSR count). The molecule has 1 N–H and O–H groups in total. The molecule has 0 bridgehead atoms. The molecular formula is C19H17FN2O4. The average Bonchev–Trinajstić information content (AvgIpc) is 2.87. The third-order valence-corrected chi connectivity index (χ3v) is 4.68. The maximum absolute atomic E-state index is 13.9. The molecule has 2 heterocycles. The summed E-state index contributed by atoms with van der Waals surface area (Å²) in [5.74, 6) is 0.233. The maximum atomic E-state index is 13.9. The third kappa shape index (κ3) is 2.56. The zero-order valence-electron chi connectivity index (χ0n) is 14.1. The third-order valence-electron chi connectivity index (χ3n) is 4.68. The predicted octanol–water partition coefficient (Wildman–Crippen LogP) is 2.56. The van der Waals surface area contributed by atoms with E-state index in [9.17, 15) is 14.0 Å². The first kappa shape index (κ1) is 16.4. The molecule has 0 aliphatic carbocycles. The fourth-order valence-electron chi connectivity index (χ4n) is 3.19. The molecule has 0 saturated carbocycles. The lowest BCUT2D eigenvalue weighted by Crippen LogP contribution is -2.41. The molecule has 2 aromatic rings. The molecule has 0 unspecified atom stereocenters. The average molecular weight is 356 g/mol. The highest BCUT2D eigenvalue weighted by atomic mass is 19.1. The number of carbonyl (C=O) groups excluding carboxylic acids is 2. The van der Waals surface area contributed by atoms with Crippen LogP contribution in [0, 0.1) is 5.82 Å². The summed E-state index contributed by atoms with van der Waals surface area (Å²) in [5, 5.41) is 2.71. The molecule has 3 amide bonds. The number of benzene rings is 2. The SMILES string of the molecule is C[C@]1(c2ccc3c(c2)OCCO3)NC(=O)N(Cc2ccccc2F)C1=O. The van der Waals surface area contributed by atoms with Crippen LogP contribution in [0.2, 0.25) is 0 Å². The van der Waals surface area contributed by atoms with Crippen LogP contribution in [0.4, 0.5) is 9.18 Å². The second-order valence-electron chi connectivity index (χ2n) is 6.40. The first-order chi connectivity index (χ1) is 12.5. The van der Waals surface area contributed by atoms with Crippen molar-refractivity contribution in [1.29, 1.82) is 0 Å². The number of imide groups is 1. The fraction of sp³-hybridized carbons (Fsp3) is 0.263. The molecule has 134 valence electrons. The number of urea groups is 1. The molecule has 1 saturated heterocycles. The fourth-order valence-corrected chi connectivity index (χ4v) is 3.19. The topological polar surface area (TPSA) is 67.9 Å². The van der Waals surface area contributed by atoms with Gasteiger partial charge < -0.3 is 14.8 Å². The normalized spacial score (nSPS) is 21.7. The standard InChI is InChI=1S/C19H17FN2O4/c1-19(13-6-7-15-16(10-13)26-9-8-25-15)17(23)22(18(24)21-19)11-12-4-2-3-5-14(12)20/h2-7,10H,8-9,11H2,1H3,(H,21,24)/t19-/m1/s1. The molecule has 2 aromatic carbocycles. The van der Waals surface area contributed by atoms with Crippen LogP contribution < -0.4 is 14.8 Å². The molecule has 2 aliphatic heterocycles. The van der Waals surface area contributed by atoms with Crippen LogP contribution in [0.25, 0.3) is 0 Å². The predicted molar refractivity (Wildman–Crippen MR) is 90.3 cm³/mol. The van der Waals surface area contributed by atoms with Crippen molar-refractivity contribution in [2.75, 3.05) is 13.2 Å². The highest BCUT2D eigenvalue weighted by Gasteiger charge is 2.49. The van der Waals surface area contributed by atoms with E-state index in [0.29, 0.717) is 30.3 Å². The summed E-state index contributed by atoms with van der Waals surface area (Å²) < 4.78 is 24.9. The van der Waals surface area contributed by atoms with Gasteiger partial charge in [0, 0.05) is 5.56 Å². The Hall–Kier alpha value is -3.09. The van der Waals surface area contributed by atoms with E-state index in [0.717, 1.165) is 4.90 Å². The Balaban J connectivity index is 1.64. The van der Waals surface area contributed by atoms with Crippen molar-refractivity contribution in [3.63, 3.8) is 0 Å². The number of fused-ring (bicyclic) bond motifs is 1. The number of halogens is 1. The minimum atomic E-state index is -1.25. The zero-order chi connectivity index (χ0) is 18.3. The molecule has 6 nitrogen and oxygen atoms in total. The number of amides is 3. The Morgan fingerprint density at radius 2 is 1.85 bits per heavy atom. The largest absolute Gasteiger partial charge is 0.486 e. The van der Waals surface area contributed by atoms with Gasteiger partial charge in [0.1, 0.15) is 24.6 Å². The van der Waals surface area contributed by atoms with E-state index >= 15 is 0 Å². The number of rotatable bonds is 3. The maximum Gasteiger partial charge on any atom is 0.325 e. The zero-order valence-corrected chi connectivity index (χ0v) is 14.1. The van der Waals surface area contributed by atoms with Gasteiger partial charge in [0.25, 0.3) is 5.91 Å². The minimum Gasteiger partial charge on any atom is -0.486 e. The molecule has 0 aromatic heterocycles. The Bertz CT molecular complexity index is 901. The van der Waals surface area contributed by atoms with Crippen LogP contribution in [-0.2, 0) is 16.9 Å². The summed E-state index contributed by atoms with van der Waals surface area (Å²) in [6.45, 7) is 2.39. The Labute approximate surface area is 149 Å². The lowest BCUT2D eigenvalue weighted by atomic mass is 9.91. The number of hydrogen-bond acceptors (Lipinski definition) is 4. The van der Waals surface area contributed by atoms with E-state index in [1.165, 1.54) is 6.07 Å². The van der Waals surface area contributed by atoms with Gasteiger partial charge in [0.15, 0.2) is 11.5 Å². The van der Waals surface area contributed by atoms with Gasteiger partial charge in [-0.15, -0.1) is 0 Å². The van der Waals surface area contributed by atoms with Crippen molar-refractivity contribution in [3.05, 3.63) is 59.4 Å².